The standard InChI is InChI=1S/C27H31B3N6O3/c1-16-8-19(4)25(20(5)9-16)28-37-29(26-21(6)10-17(2)12-23(26)14-33-35-31)39-30(38-28)27-22(7)11-18(3)13-24(27)15-34-36-32/h8-13H,14-15H2,1-7H3. The molecule has 1 saturated heterocycles. The second kappa shape index (κ2) is 12.0. The Hall–Kier alpha value is -3.65. The van der Waals surface area contributed by atoms with E-state index in [0.29, 0.717) is 0 Å². The van der Waals surface area contributed by atoms with Crippen molar-refractivity contribution in [3.8, 4) is 0 Å². The predicted molar refractivity (Wildman–Crippen MR) is 158 cm³/mol. The maximum Gasteiger partial charge on any atom is 0.467 e. The fourth-order valence-electron chi connectivity index (χ4n) is 5.69. The van der Waals surface area contributed by atoms with Gasteiger partial charge in [-0.15, -0.1) is 0 Å². The molecular formula is C27H31B3N6O3. The van der Waals surface area contributed by atoms with Gasteiger partial charge in [-0.05, 0) is 87.0 Å². The van der Waals surface area contributed by atoms with Crippen LogP contribution in [0.25, 0.3) is 20.9 Å². The van der Waals surface area contributed by atoms with E-state index in [1.807, 2.05) is 39.8 Å². The highest BCUT2D eigenvalue weighted by Crippen LogP contribution is 2.20. The Kier molecular flexibility index (Phi) is 8.75. The van der Waals surface area contributed by atoms with Gasteiger partial charge in [-0.25, -0.2) is 0 Å². The topological polar surface area (TPSA) is 125 Å². The van der Waals surface area contributed by atoms with Gasteiger partial charge < -0.3 is 13.7 Å². The number of rotatable bonds is 7. The van der Waals surface area contributed by atoms with Gasteiger partial charge in [0.15, 0.2) is 0 Å². The van der Waals surface area contributed by atoms with Crippen molar-refractivity contribution in [2.45, 2.75) is 61.6 Å². The highest BCUT2D eigenvalue weighted by molar-refractivity contribution is 6.88. The summed E-state index contributed by atoms with van der Waals surface area (Å²) in [5.74, 6) is 0. The summed E-state index contributed by atoms with van der Waals surface area (Å²) < 4.78 is 19.7. The van der Waals surface area contributed by atoms with Gasteiger partial charge in [-0.2, -0.15) is 0 Å². The SMILES string of the molecule is Cc1cc(C)c(B2OB(c3c(C)cc(C)cc3CN=[N+]=[N-])OB(c3c(C)cc(C)cc3CN=[N+]=[N-])O2)c(C)c1. The van der Waals surface area contributed by atoms with Crippen molar-refractivity contribution in [1.29, 1.82) is 0 Å². The highest BCUT2D eigenvalue weighted by atomic mass is 16.7. The molecule has 1 heterocycles. The summed E-state index contributed by atoms with van der Waals surface area (Å²) in [6, 6.07) is 12.3. The number of aryl methyl sites for hydroxylation is 7. The Bertz CT molecular complexity index is 1410. The van der Waals surface area contributed by atoms with Crippen LogP contribution in [-0.4, -0.2) is 21.4 Å². The lowest BCUT2D eigenvalue weighted by atomic mass is 9.57. The third kappa shape index (κ3) is 6.17. The summed E-state index contributed by atoms with van der Waals surface area (Å²) in [6.45, 7) is 14.5. The molecule has 0 saturated carbocycles. The first-order chi connectivity index (χ1) is 18.6. The molecular weight excluding hydrogens is 489 g/mol. The second-order valence-electron chi connectivity index (χ2n) is 10.3. The first-order valence-corrected chi connectivity index (χ1v) is 12.9. The largest absolute Gasteiger partial charge is 0.467 e. The quantitative estimate of drug-likeness (QED) is 0.188. The van der Waals surface area contributed by atoms with E-state index in [2.05, 4.69) is 65.1 Å². The molecule has 0 aromatic heterocycles. The zero-order valence-electron chi connectivity index (χ0n) is 23.5. The molecule has 0 radical (unpaired) electrons. The maximum atomic E-state index is 9.03. The monoisotopic (exact) mass is 520 g/mol. The molecule has 0 unspecified atom stereocenters. The van der Waals surface area contributed by atoms with E-state index in [1.165, 1.54) is 0 Å². The van der Waals surface area contributed by atoms with Crippen LogP contribution in [0.4, 0.5) is 0 Å². The molecule has 1 aliphatic rings. The van der Waals surface area contributed by atoms with E-state index in [4.69, 9.17) is 24.8 Å². The number of azide groups is 2. The van der Waals surface area contributed by atoms with Crippen LogP contribution in [0.3, 0.4) is 0 Å². The number of hydrogen-bond donors (Lipinski definition) is 0. The van der Waals surface area contributed by atoms with Gasteiger partial charge in [-0.1, -0.05) is 85.6 Å². The molecule has 3 aromatic carbocycles. The Morgan fingerprint density at radius 2 is 0.846 bits per heavy atom. The van der Waals surface area contributed by atoms with Gasteiger partial charge in [0.25, 0.3) is 0 Å². The molecule has 0 atom stereocenters. The van der Waals surface area contributed by atoms with Crippen molar-refractivity contribution in [3.63, 3.8) is 0 Å². The Labute approximate surface area is 230 Å². The molecule has 196 valence electrons. The van der Waals surface area contributed by atoms with Gasteiger partial charge in [0.05, 0.1) is 13.1 Å². The van der Waals surface area contributed by atoms with Gasteiger partial charge in [-0.3, -0.25) is 0 Å². The van der Waals surface area contributed by atoms with Gasteiger partial charge >= 0.3 is 21.4 Å². The summed E-state index contributed by atoms with van der Waals surface area (Å²) >= 11 is 0. The molecule has 9 nitrogen and oxygen atoms in total. The van der Waals surface area contributed by atoms with Crippen molar-refractivity contribution in [2.24, 2.45) is 10.2 Å². The van der Waals surface area contributed by atoms with Crippen LogP contribution in [0.5, 0.6) is 0 Å². The maximum absolute atomic E-state index is 9.03. The predicted octanol–water partition coefficient (Wildman–Crippen LogP) is 5.02. The Morgan fingerprint density at radius 1 is 0.538 bits per heavy atom. The van der Waals surface area contributed by atoms with E-state index in [-0.39, 0.29) is 13.1 Å². The third-order valence-electron chi connectivity index (χ3n) is 7.03. The van der Waals surface area contributed by atoms with E-state index in [1.54, 1.807) is 0 Å². The minimum Gasteiger partial charge on any atom is -0.445 e. The van der Waals surface area contributed by atoms with E-state index < -0.39 is 21.4 Å². The van der Waals surface area contributed by atoms with Crippen LogP contribution in [0, 0.1) is 48.5 Å². The molecule has 0 amide bonds. The molecule has 39 heavy (non-hydrogen) atoms. The van der Waals surface area contributed by atoms with E-state index in [9.17, 15) is 0 Å². The molecule has 0 spiro atoms. The summed E-state index contributed by atoms with van der Waals surface area (Å²) in [4.78, 5) is 5.94. The number of nitrogens with zero attached hydrogens (tertiary/aromatic N) is 6. The zero-order chi connectivity index (χ0) is 28.3. The molecule has 1 fully saturated rings. The summed E-state index contributed by atoms with van der Waals surface area (Å²) in [6.07, 6.45) is 0. The molecule has 0 bridgehead atoms. The van der Waals surface area contributed by atoms with E-state index in [0.717, 1.165) is 66.5 Å². The number of benzene rings is 3. The smallest absolute Gasteiger partial charge is 0.445 e. The molecule has 0 N–H and O–H groups in total. The minimum absolute atomic E-state index is 0.169. The lowest BCUT2D eigenvalue weighted by Crippen LogP contribution is -2.63. The van der Waals surface area contributed by atoms with Crippen molar-refractivity contribution < 1.29 is 13.7 Å². The van der Waals surface area contributed by atoms with Crippen LogP contribution in [0.1, 0.15) is 50.1 Å². The Morgan fingerprint density at radius 3 is 1.21 bits per heavy atom. The summed E-state index contributed by atoms with van der Waals surface area (Å²) in [5, 5.41) is 7.67. The summed E-state index contributed by atoms with van der Waals surface area (Å²) in [5.41, 5.74) is 29.6. The van der Waals surface area contributed by atoms with Crippen LogP contribution in [0.15, 0.2) is 46.6 Å². The van der Waals surface area contributed by atoms with Crippen molar-refractivity contribution in [1.82, 2.24) is 0 Å². The third-order valence-corrected chi connectivity index (χ3v) is 7.03. The van der Waals surface area contributed by atoms with E-state index >= 15 is 0 Å². The van der Waals surface area contributed by atoms with Gasteiger partial charge in [0.2, 0.25) is 0 Å². The van der Waals surface area contributed by atoms with Gasteiger partial charge in [0.1, 0.15) is 0 Å². The minimum atomic E-state index is -0.800. The lowest BCUT2D eigenvalue weighted by molar-refractivity contribution is 0.308. The molecule has 3 aromatic rings. The van der Waals surface area contributed by atoms with Crippen LogP contribution in [0.2, 0.25) is 0 Å². The highest BCUT2D eigenvalue weighted by Gasteiger charge is 2.46. The Balaban J connectivity index is 1.90. The van der Waals surface area contributed by atoms with Crippen molar-refractivity contribution in [2.75, 3.05) is 0 Å². The van der Waals surface area contributed by atoms with Crippen LogP contribution < -0.4 is 16.4 Å². The zero-order valence-corrected chi connectivity index (χ0v) is 23.5. The molecule has 12 heteroatoms. The average Bonchev–Trinajstić information content (AvgIpc) is 2.84. The molecule has 1 aliphatic heterocycles. The fourth-order valence-corrected chi connectivity index (χ4v) is 5.69. The van der Waals surface area contributed by atoms with Crippen molar-refractivity contribution in [3.05, 3.63) is 107 Å². The molecule has 4 rings (SSSR count). The van der Waals surface area contributed by atoms with Gasteiger partial charge in [0, 0.05) is 9.82 Å². The van der Waals surface area contributed by atoms with Crippen LogP contribution >= 0.6 is 0 Å². The fraction of sp³-hybridized carbons (Fsp3) is 0.333. The van der Waals surface area contributed by atoms with Crippen LogP contribution in [-0.2, 0) is 26.8 Å². The first kappa shape index (κ1) is 28.4. The number of hydrogen-bond acceptors (Lipinski definition) is 5. The first-order valence-electron chi connectivity index (χ1n) is 12.9. The lowest BCUT2D eigenvalue weighted by Gasteiger charge is -2.35. The summed E-state index contributed by atoms with van der Waals surface area (Å²) in [7, 11) is -2.33. The molecule has 0 aliphatic carbocycles. The van der Waals surface area contributed by atoms with Crippen molar-refractivity contribution >= 4 is 37.7 Å². The average molecular weight is 520 g/mol. The normalized spacial score (nSPS) is 13.3. The second-order valence-corrected chi connectivity index (χ2v) is 10.3.